The van der Waals surface area contributed by atoms with Crippen molar-refractivity contribution in [3.05, 3.63) is 21.9 Å². The quantitative estimate of drug-likeness (QED) is 0.921. The highest BCUT2D eigenvalue weighted by Gasteiger charge is 2.39. The van der Waals surface area contributed by atoms with E-state index in [1.165, 1.54) is 9.75 Å². The molecular weight excluding hydrogens is 260 g/mol. The maximum absolute atomic E-state index is 12.3. The highest BCUT2D eigenvalue weighted by molar-refractivity contribution is 7.12. The van der Waals surface area contributed by atoms with Crippen LogP contribution in [0.3, 0.4) is 0 Å². The SMILES string of the molecule is Cc1ccc(C2NC(C)C(=O)N2CC2CCCO2)s1. The molecule has 1 N–H and O–H groups in total. The van der Waals surface area contributed by atoms with Crippen LogP contribution in [-0.4, -0.2) is 36.1 Å². The summed E-state index contributed by atoms with van der Waals surface area (Å²) in [5.74, 6) is 0.187. The van der Waals surface area contributed by atoms with Crippen LogP contribution in [0.4, 0.5) is 0 Å². The van der Waals surface area contributed by atoms with Crippen LogP contribution in [0.1, 0.15) is 35.7 Å². The van der Waals surface area contributed by atoms with Crippen molar-refractivity contribution in [3.63, 3.8) is 0 Å². The van der Waals surface area contributed by atoms with Crippen molar-refractivity contribution in [2.24, 2.45) is 0 Å². The maximum Gasteiger partial charge on any atom is 0.241 e. The fourth-order valence-corrected chi connectivity index (χ4v) is 3.76. The second-order valence-electron chi connectivity index (χ2n) is 5.36. The minimum absolute atomic E-state index is 0.0189. The van der Waals surface area contributed by atoms with Crippen molar-refractivity contribution in [1.29, 1.82) is 0 Å². The normalized spacial score (nSPS) is 31.4. The first kappa shape index (κ1) is 13.1. The number of nitrogens with zero attached hydrogens (tertiary/aromatic N) is 1. The number of ether oxygens (including phenoxy) is 1. The Kier molecular flexibility index (Phi) is 3.60. The van der Waals surface area contributed by atoms with Gasteiger partial charge in [-0.05, 0) is 38.8 Å². The van der Waals surface area contributed by atoms with Crippen LogP contribution in [0.15, 0.2) is 12.1 Å². The number of thiophene rings is 1. The van der Waals surface area contributed by atoms with E-state index in [-0.39, 0.29) is 24.2 Å². The van der Waals surface area contributed by atoms with Crippen molar-refractivity contribution >= 4 is 17.2 Å². The first-order valence-electron chi connectivity index (χ1n) is 6.89. The van der Waals surface area contributed by atoms with Gasteiger partial charge in [0.1, 0.15) is 6.17 Å². The second kappa shape index (κ2) is 5.23. The number of aryl methyl sites for hydroxylation is 1. The van der Waals surface area contributed by atoms with Crippen molar-refractivity contribution in [2.45, 2.75) is 45.0 Å². The summed E-state index contributed by atoms with van der Waals surface area (Å²) in [5, 5.41) is 3.39. The van der Waals surface area contributed by atoms with Crippen LogP contribution in [0.25, 0.3) is 0 Å². The van der Waals surface area contributed by atoms with E-state index in [9.17, 15) is 4.79 Å². The molecule has 2 fully saturated rings. The number of hydrogen-bond donors (Lipinski definition) is 1. The lowest BCUT2D eigenvalue weighted by Crippen LogP contribution is -2.36. The molecule has 2 saturated heterocycles. The lowest BCUT2D eigenvalue weighted by molar-refractivity contribution is -0.131. The summed E-state index contributed by atoms with van der Waals surface area (Å²) >= 11 is 1.75. The maximum atomic E-state index is 12.3. The van der Waals surface area contributed by atoms with Crippen molar-refractivity contribution < 1.29 is 9.53 Å². The van der Waals surface area contributed by atoms with E-state index in [1.54, 1.807) is 11.3 Å². The largest absolute Gasteiger partial charge is 0.376 e. The molecule has 0 aromatic carbocycles. The highest BCUT2D eigenvalue weighted by atomic mass is 32.1. The molecule has 0 radical (unpaired) electrons. The van der Waals surface area contributed by atoms with Crippen LogP contribution in [-0.2, 0) is 9.53 Å². The molecule has 0 saturated carbocycles. The second-order valence-corrected chi connectivity index (χ2v) is 6.68. The minimum atomic E-state index is -0.103. The molecule has 4 nitrogen and oxygen atoms in total. The molecule has 19 heavy (non-hydrogen) atoms. The molecule has 1 aromatic rings. The summed E-state index contributed by atoms with van der Waals surface area (Å²) in [6.07, 6.45) is 2.40. The van der Waals surface area contributed by atoms with E-state index in [2.05, 4.69) is 24.4 Å². The van der Waals surface area contributed by atoms with Gasteiger partial charge in [0.2, 0.25) is 5.91 Å². The summed E-state index contributed by atoms with van der Waals surface area (Å²) in [4.78, 5) is 16.7. The fourth-order valence-electron chi connectivity index (χ4n) is 2.81. The average molecular weight is 280 g/mol. The number of carbonyl (C=O) groups is 1. The predicted octanol–water partition coefficient (Wildman–Crippen LogP) is 2.05. The number of carbonyl (C=O) groups excluding carboxylic acids is 1. The van der Waals surface area contributed by atoms with Gasteiger partial charge in [0.25, 0.3) is 0 Å². The molecule has 3 unspecified atom stereocenters. The van der Waals surface area contributed by atoms with Gasteiger partial charge in [-0.2, -0.15) is 0 Å². The smallest absolute Gasteiger partial charge is 0.241 e. The third kappa shape index (κ3) is 2.55. The Hall–Kier alpha value is -0.910. The molecule has 1 aromatic heterocycles. The van der Waals surface area contributed by atoms with E-state index in [0.717, 1.165) is 19.4 Å². The van der Waals surface area contributed by atoms with E-state index < -0.39 is 0 Å². The molecule has 0 aliphatic carbocycles. The molecule has 2 aliphatic rings. The van der Waals surface area contributed by atoms with Crippen LogP contribution in [0, 0.1) is 6.92 Å². The third-order valence-corrected chi connectivity index (χ3v) is 4.88. The van der Waals surface area contributed by atoms with Crippen LogP contribution >= 0.6 is 11.3 Å². The lowest BCUT2D eigenvalue weighted by atomic mass is 10.2. The minimum Gasteiger partial charge on any atom is -0.376 e. The highest BCUT2D eigenvalue weighted by Crippen LogP contribution is 2.31. The molecule has 0 bridgehead atoms. The Morgan fingerprint density at radius 2 is 2.37 bits per heavy atom. The van der Waals surface area contributed by atoms with E-state index in [1.807, 2.05) is 11.8 Å². The summed E-state index contributed by atoms with van der Waals surface area (Å²) in [7, 11) is 0. The van der Waals surface area contributed by atoms with Crippen molar-refractivity contribution in [1.82, 2.24) is 10.2 Å². The average Bonchev–Trinajstić information content (AvgIpc) is 3.08. The van der Waals surface area contributed by atoms with Crippen molar-refractivity contribution in [3.8, 4) is 0 Å². The zero-order valence-electron chi connectivity index (χ0n) is 11.4. The lowest BCUT2D eigenvalue weighted by Gasteiger charge is -2.26. The summed E-state index contributed by atoms with van der Waals surface area (Å²) in [6.45, 7) is 5.57. The number of hydrogen-bond acceptors (Lipinski definition) is 4. The van der Waals surface area contributed by atoms with E-state index >= 15 is 0 Å². The molecule has 0 spiro atoms. The number of rotatable bonds is 3. The van der Waals surface area contributed by atoms with Crippen LogP contribution in [0.2, 0.25) is 0 Å². The van der Waals surface area contributed by atoms with Gasteiger partial charge in [-0.3, -0.25) is 10.1 Å². The summed E-state index contributed by atoms with van der Waals surface area (Å²) < 4.78 is 5.67. The van der Waals surface area contributed by atoms with Gasteiger partial charge in [-0.1, -0.05) is 0 Å². The molecule has 3 heterocycles. The summed E-state index contributed by atoms with van der Waals surface area (Å²) in [5.41, 5.74) is 0. The Morgan fingerprint density at radius 1 is 1.53 bits per heavy atom. The van der Waals surface area contributed by atoms with E-state index in [4.69, 9.17) is 4.74 Å². The Bertz CT molecular complexity index is 468. The fraction of sp³-hybridized carbons (Fsp3) is 0.643. The van der Waals surface area contributed by atoms with Crippen molar-refractivity contribution in [2.75, 3.05) is 13.2 Å². The van der Waals surface area contributed by atoms with Gasteiger partial charge in [0.15, 0.2) is 0 Å². The third-order valence-electron chi connectivity index (χ3n) is 3.83. The Morgan fingerprint density at radius 3 is 3.00 bits per heavy atom. The molecule has 3 rings (SSSR count). The van der Waals surface area contributed by atoms with Gasteiger partial charge < -0.3 is 9.64 Å². The molecule has 104 valence electrons. The van der Waals surface area contributed by atoms with Gasteiger partial charge in [-0.15, -0.1) is 11.3 Å². The molecule has 2 aliphatic heterocycles. The monoisotopic (exact) mass is 280 g/mol. The van der Waals surface area contributed by atoms with Gasteiger partial charge in [0, 0.05) is 22.9 Å². The van der Waals surface area contributed by atoms with E-state index in [0.29, 0.717) is 6.54 Å². The standard InChI is InChI=1S/C14H20N2O2S/c1-9-5-6-12(19-9)13-15-10(2)14(17)16(13)8-11-4-3-7-18-11/h5-6,10-11,13,15H,3-4,7-8H2,1-2H3. The van der Waals surface area contributed by atoms with Gasteiger partial charge >= 0.3 is 0 Å². The zero-order chi connectivity index (χ0) is 13.4. The van der Waals surface area contributed by atoms with Gasteiger partial charge in [-0.25, -0.2) is 0 Å². The van der Waals surface area contributed by atoms with Crippen LogP contribution < -0.4 is 5.32 Å². The summed E-state index contributed by atoms with van der Waals surface area (Å²) in [6, 6.07) is 4.12. The molecule has 5 heteroatoms. The first-order chi connectivity index (χ1) is 9.15. The van der Waals surface area contributed by atoms with Gasteiger partial charge in [0.05, 0.1) is 12.1 Å². The number of amides is 1. The zero-order valence-corrected chi connectivity index (χ0v) is 12.2. The first-order valence-corrected chi connectivity index (χ1v) is 7.71. The Labute approximate surface area is 117 Å². The topological polar surface area (TPSA) is 41.6 Å². The molecule has 3 atom stereocenters. The molecular formula is C14H20N2O2S. The number of nitrogens with one attached hydrogen (secondary N) is 1. The Balaban J connectivity index is 1.78. The predicted molar refractivity (Wildman–Crippen MR) is 75.1 cm³/mol. The van der Waals surface area contributed by atoms with Crippen LogP contribution in [0.5, 0.6) is 0 Å². The molecule has 1 amide bonds.